The Bertz CT molecular complexity index is 1320. The van der Waals surface area contributed by atoms with Crippen molar-refractivity contribution in [3.05, 3.63) is 93.8 Å². The van der Waals surface area contributed by atoms with E-state index in [-0.39, 0.29) is 24.9 Å². The molecule has 0 fully saturated rings. The van der Waals surface area contributed by atoms with Crippen LogP contribution in [0.5, 0.6) is 5.75 Å². The highest BCUT2D eigenvalue weighted by molar-refractivity contribution is 6.30. The SMILES string of the molecule is CC.CCOC(=O)c1cc(NC(C)=O)cc(C2=C(c3cc(Cl)ccc3OCc3ccc(F)cc3)CCC2)c1. The van der Waals surface area contributed by atoms with Crippen LogP contribution in [0, 0.1) is 5.82 Å². The van der Waals surface area contributed by atoms with Gasteiger partial charge in [0.25, 0.3) is 0 Å². The quantitative estimate of drug-likeness (QED) is 0.293. The van der Waals surface area contributed by atoms with Gasteiger partial charge >= 0.3 is 5.97 Å². The lowest BCUT2D eigenvalue weighted by atomic mass is 9.94. The molecule has 1 aliphatic rings. The number of nitrogens with one attached hydrogen (secondary N) is 1. The predicted molar refractivity (Wildman–Crippen MR) is 151 cm³/mol. The van der Waals surface area contributed by atoms with Crippen LogP contribution in [-0.2, 0) is 16.1 Å². The van der Waals surface area contributed by atoms with Gasteiger partial charge in [0.05, 0.1) is 12.2 Å². The van der Waals surface area contributed by atoms with Crippen LogP contribution >= 0.6 is 11.6 Å². The second-order valence-electron chi connectivity index (χ2n) is 8.57. The minimum Gasteiger partial charge on any atom is -0.488 e. The molecule has 1 amide bonds. The Morgan fingerprint density at radius 3 is 2.37 bits per heavy atom. The maximum atomic E-state index is 13.3. The Morgan fingerprint density at radius 1 is 0.974 bits per heavy atom. The van der Waals surface area contributed by atoms with Gasteiger partial charge in [0.1, 0.15) is 18.2 Å². The summed E-state index contributed by atoms with van der Waals surface area (Å²) in [6, 6.07) is 17.0. The van der Waals surface area contributed by atoms with E-state index >= 15 is 0 Å². The van der Waals surface area contributed by atoms with Gasteiger partial charge in [-0.25, -0.2) is 9.18 Å². The predicted octanol–water partition coefficient (Wildman–Crippen LogP) is 8.31. The van der Waals surface area contributed by atoms with Gasteiger partial charge in [-0.05, 0) is 97.0 Å². The minimum absolute atomic E-state index is 0.228. The topological polar surface area (TPSA) is 64.6 Å². The van der Waals surface area contributed by atoms with Crippen molar-refractivity contribution in [2.75, 3.05) is 11.9 Å². The van der Waals surface area contributed by atoms with E-state index in [1.807, 2.05) is 32.0 Å². The molecule has 0 heterocycles. The van der Waals surface area contributed by atoms with Crippen molar-refractivity contribution in [3.8, 4) is 5.75 Å². The first-order chi connectivity index (χ1) is 18.3. The third-order valence-electron chi connectivity index (χ3n) is 5.91. The maximum Gasteiger partial charge on any atom is 0.338 e. The van der Waals surface area contributed by atoms with Crippen LogP contribution in [0.3, 0.4) is 0 Å². The molecule has 3 aromatic rings. The molecule has 0 unspecified atom stereocenters. The summed E-state index contributed by atoms with van der Waals surface area (Å²) in [7, 11) is 0. The van der Waals surface area contributed by atoms with Crippen LogP contribution in [-0.4, -0.2) is 18.5 Å². The van der Waals surface area contributed by atoms with E-state index in [2.05, 4.69) is 5.32 Å². The normalized spacial score (nSPS) is 12.5. The highest BCUT2D eigenvalue weighted by atomic mass is 35.5. The fraction of sp³-hybridized carbons (Fsp3) is 0.290. The first kappa shape index (κ1) is 28.9. The van der Waals surface area contributed by atoms with Crippen molar-refractivity contribution in [2.24, 2.45) is 0 Å². The van der Waals surface area contributed by atoms with Crippen LogP contribution in [0.15, 0.2) is 60.7 Å². The van der Waals surface area contributed by atoms with Crippen molar-refractivity contribution in [3.63, 3.8) is 0 Å². The lowest BCUT2D eigenvalue weighted by Gasteiger charge is -2.16. The Kier molecular flexibility index (Phi) is 10.5. The smallest absolute Gasteiger partial charge is 0.338 e. The summed E-state index contributed by atoms with van der Waals surface area (Å²) >= 11 is 6.38. The molecule has 0 saturated carbocycles. The number of rotatable bonds is 8. The highest BCUT2D eigenvalue weighted by Crippen LogP contribution is 2.44. The molecule has 0 atom stereocenters. The number of amides is 1. The number of hydrogen-bond donors (Lipinski definition) is 1. The van der Waals surface area contributed by atoms with Crippen molar-refractivity contribution in [1.29, 1.82) is 0 Å². The van der Waals surface area contributed by atoms with Crippen LogP contribution in [0.1, 0.15) is 74.0 Å². The third-order valence-corrected chi connectivity index (χ3v) is 6.14. The molecule has 200 valence electrons. The van der Waals surface area contributed by atoms with Crippen LogP contribution in [0.2, 0.25) is 5.02 Å². The molecule has 0 spiro atoms. The van der Waals surface area contributed by atoms with E-state index < -0.39 is 5.97 Å². The zero-order chi connectivity index (χ0) is 27.7. The Morgan fingerprint density at radius 2 is 1.68 bits per heavy atom. The molecule has 3 aromatic carbocycles. The number of carbonyl (C=O) groups is 2. The minimum atomic E-state index is -0.447. The molecule has 7 heteroatoms. The Labute approximate surface area is 228 Å². The number of carbonyl (C=O) groups excluding carboxylic acids is 2. The summed E-state index contributed by atoms with van der Waals surface area (Å²) in [5.41, 5.74) is 5.58. The summed E-state index contributed by atoms with van der Waals surface area (Å²) in [5, 5.41) is 3.36. The maximum absolute atomic E-state index is 13.3. The van der Waals surface area contributed by atoms with Gasteiger partial charge in [0.2, 0.25) is 5.91 Å². The van der Waals surface area contributed by atoms with E-state index in [0.717, 1.165) is 47.1 Å². The summed E-state index contributed by atoms with van der Waals surface area (Å²) in [4.78, 5) is 24.3. The Balaban J connectivity index is 0.00000195. The van der Waals surface area contributed by atoms with E-state index in [1.165, 1.54) is 19.1 Å². The van der Waals surface area contributed by atoms with Gasteiger partial charge in [-0.2, -0.15) is 0 Å². The second kappa shape index (κ2) is 13.8. The number of hydrogen-bond acceptors (Lipinski definition) is 4. The fourth-order valence-electron chi connectivity index (χ4n) is 4.37. The van der Waals surface area contributed by atoms with Crippen molar-refractivity contribution in [1.82, 2.24) is 0 Å². The van der Waals surface area contributed by atoms with Crippen molar-refractivity contribution in [2.45, 2.75) is 53.6 Å². The van der Waals surface area contributed by atoms with Crippen molar-refractivity contribution < 1.29 is 23.5 Å². The van der Waals surface area contributed by atoms with Crippen molar-refractivity contribution >= 4 is 40.3 Å². The average Bonchev–Trinajstić information content (AvgIpc) is 3.39. The zero-order valence-electron chi connectivity index (χ0n) is 22.2. The number of ether oxygens (including phenoxy) is 2. The average molecular weight is 538 g/mol. The molecular weight excluding hydrogens is 505 g/mol. The first-order valence-corrected chi connectivity index (χ1v) is 13.2. The van der Waals surface area contributed by atoms with Crippen LogP contribution < -0.4 is 10.1 Å². The summed E-state index contributed by atoms with van der Waals surface area (Å²) < 4.78 is 24.6. The van der Waals surface area contributed by atoms with E-state index in [1.54, 1.807) is 37.3 Å². The summed E-state index contributed by atoms with van der Waals surface area (Å²) in [6.45, 7) is 7.71. The standard InChI is InChI=1S/C29H27ClFNO4.C2H6/c1-3-35-29(34)21-13-20(14-24(15-21)32-18(2)33)25-5-4-6-26(25)27-16-22(30)9-12-28(27)36-17-19-7-10-23(31)11-8-19;1-2/h7-16H,3-6,17H2,1-2H3,(H,32,33);1-2H3. The van der Waals surface area contributed by atoms with Crippen LogP contribution in [0.4, 0.5) is 10.1 Å². The lowest BCUT2D eigenvalue weighted by Crippen LogP contribution is -2.10. The van der Waals surface area contributed by atoms with E-state index in [4.69, 9.17) is 21.1 Å². The largest absolute Gasteiger partial charge is 0.488 e. The second-order valence-corrected chi connectivity index (χ2v) is 9.00. The molecule has 0 saturated heterocycles. The molecule has 0 bridgehead atoms. The van der Waals surface area contributed by atoms with Gasteiger partial charge in [-0.1, -0.05) is 37.6 Å². The van der Waals surface area contributed by atoms with Gasteiger partial charge in [0.15, 0.2) is 0 Å². The van der Waals surface area contributed by atoms with Gasteiger partial charge in [-0.15, -0.1) is 0 Å². The molecule has 0 aromatic heterocycles. The molecule has 1 aliphatic carbocycles. The highest BCUT2D eigenvalue weighted by Gasteiger charge is 2.23. The first-order valence-electron chi connectivity index (χ1n) is 12.8. The number of anilines is 1. The molecular formula is C31H33ClFNO4. The molecule has 0 aliphatic heterocycles. The number of esters is 1. The fourth-order valence-corrected chi connectivity index (χ4v) is 4.55. The van der Waals surface area contributed by atoms with Crippen LogP contribution in [0.25, 0.3) is 11.1 Å². The molecule has 5 nitrogen and oxygen atoms in total. The van der Waals surface area contributed by atoms with E-state index in [9.17, 15) is 14.0 Å². The van der Waals surface area contributed by atoms with E-state index in [0.29, 0.717) is 22.0 Å². The summed E-state index contributed by atoms with van der Waals surface area (Å²) in [5.74, 6) is -0.303. The zero-order valence-corrected chi connectivity index (χ0v) is 23.0. The van der Waals surface area contributed by atoms with Gasteiger partial charge in [0, 0.05) is 23.2 Å². The number of halogens is 2. The van der Waals surface area contributed by atoms with Gasteiger partial charge in [-0.3, -0.25) is 4.79 Å². The number of benzene rings is 3. The molecule has 38 heavy (non-hydrogen) atoms. The summed E-state index contributed by atoms with van der Waals surface area (Å²) in [6.07, 6.45) is 2.53. The monoisotopic (exact) mass is 537 g/mol. The Hall–Kier alpha value is -3.64. The lowest BCUT2D eigenvalue weighted by molar-refractivity contribution is -0.114. The molecule has 4 rings (SSSR count). The third kappa shape index (κ3) is 7.45. The molecule has 1 N–H and O–H groups in total. The van der Waals surface area contributed by atoms with Gasteiger partial charge < -0.3 is 14.8 Å². The number of allylic oxidation sites excluding steroid dienone is 2. The molecule has 0 radical (unpaired) electrons.